The van der Waals surface area contributed by atoms with Gasteiger partial charge in [-0.05, 0) is 19.3 Å². The maximum atomic E-state index is 11.8. The van der Waals surface area contributed by atoms with Crippen molar-refractivity contribution in [2.45, 2.75) is 33.4 Å². The Morgan fingerprint density at radius 1 is 1.25 bits per heavy atom. The van der Waals surface area contributed by atoms with E-state index in [4.69, 9.17) is 0 Å². The predicted octanol–water partition coefficient (Wildman–Crippen LogP) is 2.78. The van der Waals surface area contributed by atoms with Gasteiger partial charge in [-0.15, -0.1) is 24.0 Å². The first-order valence-corrected chi connectivity index (χ1v) is 6.51. The maximum Gasteiger partial charge on any atom is 0.411 e. The van der Waals surface area contributed by atoms with Gasteiger partial charge in [-0.1, -0.05) is 13.8 Å². The Morgan fingerprint density at radius 3 is 2.40 bits per heavy atom. The molecule has 0 saturated carbocycles. The van der Waals surface area contributed by atoms with Crippen LogP contribution in [0, 0.1) is 5.92 Å². The van der Waals surface area contributed by atoms with Crippen LogP contribution < -0.4 is 10.6 Å². The largest absolute Gasteiger partial charge is 0.411 e. The van der Waals surface area contributed by atoms with Crippen LogP contribution in [0.4, 0.5) is 13.2 Å². The summed E-state index contributed by atoms with van der Waals surface area (Å²) < 4.78 is 39.9. The highest BCUT2D eigenvalue weighted by atomic mass is 127. The van der Waals surface area contributed by atoms with Gasteiger partial charge in [0, 0.05) is 26.2 Å². The van der Waals surface area contributed by atoms with E-state index in [0.717, 1.165) is 6.54 Å². The van der Waals surface area contributed by atoms with Gasteiger partial charge in [-0.3, -0.25) is 4.99 Å². The Morgan fingerprint density at radius 2 is 1.90 bits per heavy atom. The summed E-state index contributed by atoms with van der Waals surface area (Å²) in [7, 11) is 0. The molecule has 0 fully saturated rings. The molecule has 0 aromatic heterocycles. The molecule has 0 saturated heterocycles. The van der Waals surface area contributed by atoms with Gasteiger partial charge in [0.15, 0.2) is 5.96 Å². The Hall–Kier alpha value is -0.250. The third-order valence-corrected chi connectivity index (χ3v) is 1.98. The summed E-state index contributed by atoms with van der Waals surface area (Å²) in [6, 6.07) is 0. The average Bonchev–Trinajstić information content (AvgIpc) is 2.28. The molecule has 0 unspecified atom stereocenters. The van der Waals surface area contributed by atoms with Crippen LogP contribution in [0.1, 0.15) is 27.2 Å². The Labute approximate surface area is 136 Å². The normalized spacial score (nSPS) is 12.2. The molecule has 0 bridgehead atoms. The summed E-state index contributed by atoms with van der Waals surface area (Å²) in [6.45, 7) is 6.97. The van der Waals surface area contributed by atoms with E-state index in [1.807, 2.05) is 6.92 Å². The second-order valence-electron chi connectivity index (χ2n) is 4.56. The highest BCUT2D eigenvalue weighted by molar-refractivity contribution is 14.0. The zero-order chi connectivity index (χ0) is 14.7. The van der Waals surface area contributed by atoms with Crippen LogP contribution in [0.5, 0.6) is 0 Å². The van der Waals surface area contributed by atoms with E-state index in [9.17, 15) is 13.2 Å². The van der Waals surface area contributed by atoms with Crippen LogP contribution in [0.3, 0.4) is 0 Å². The molecule has 0 aliphatic rings. The fourth-order valence-electron chi connectivity index (χ4n) is 1.18. The first-order valence-electron chi connectivity index (χ1n) is 6.51. The minimum atomic E-state index is -4.25. The monoisotopic (exact) mass is 411 g/mol. The van der Waals surface area contributed by atoms with Gasteiger partial charge in [-0.25, -0.2) is 0 Å². The number of alkyl halides is 3. The summed E-state index contributed by atoms with van der Waals surface area (Å²) in [4.78, 5) is 4.34. The molecule has 0 spiro atoms. The molecule has 2 N–H and O–H groups in total. The van der Waals surface area contributed by atoms with Crippen molar-refractivity contribution in [2.75, 3.05) is 32.8 Å². The van der Waals surface area contributed by atoms with Crippen molar-refractivity contribution in [3.8, 4) is 0 Å². The number of hydrogen-bond acceptors (Lipinski definition) is 2. The Kier molecular flexibility index (Phi) is 13.8. The van der Waals surface area contributed by atoms with E-state index < -0.39 is 12.8 Å². The van der Waals surface area contributed by atoms with Gasteiger partial charge in [0.05, 0.1) is 0 Å². The smallest absolute Gasteiger partial charge is 0.372 e. The van der Waals surface area contributed by atoms with Crippen LogP contribution in [0.2, 0.25) is 0 Å². The van der Waals surface area contributed by atoms with Crippen molar-refractivity contribution in [1.29, 1.82) is 0 Å². The van der Waals surface area contributed by atoms with Crippen molar-refractivity contribution in [1.82, 2.24) is 10.6 Å². The third kappa shape index (κ3) is 15.8. The van der Waals surface area contributed by atoms with Gasteiger partial charge in [0.2, 0.25) is 0 Å². The van der Waals surface area contributed by atoms with Crippen molar-refractivity contribution in [3.05, 3.63) is 0 Å². The lowest BCUT2D eigenvalue weighted by Crippen LogP contribution is -2.38. The number of nitrogens with one attached hydrogen (secondary N) is 2. The molecule has 0 radical (unpaired) electrons. The molecule has 0 aromatic carbocycles. The van der Waals surface area contributed by atoms with E-state index in [1.165, 1.54) is 0 Å². The van der Waals surface area contributed by atoms with Crippen molar-refractivity contribution < 1.29 is 17.9 Å². The number of hydrogen-bond donors (Lipinski definition) is 2. The predicted molar refractivity (Wildman–Crippen MR) is 85.7 cm³/mol. The number of nitrogens with zero attached hydrogens (tertiary/aromatic N) is 1. The van der Waals surface area contributed by atoms with Crippen LogP contribution in [0.15, 0.2) is 4.99 Å². The molecular formula is C12H25F3IN3O. The number of ether oxygens (including phenoxy) is 1. The Balaban J connectivity index is 0. The van der Waals surface area contributed by atoms with Crippen LogP contribution >= 0.6 is 24.0 Å². The molecule has 4 nitrogen and oxygen atoms in total. The number of halogens is 4. The van der Waals surface area contributed by atoms with Crippen LogP contribution in [-0.4, -0.2) is 45.0 Å². The lowest BCUT2D eigenvalue weighted by molar-refractivity contribution is -0.173. The zero-order valence-electron chi connectivity index (χ0n) is 12.2. The van der Waals surface area contributed by atoms with E-state index in [2.05, 4.69) is 34.2 Å². The van der Waals surface area contributed by atoms with E-state index >= 15 is 0 Å². The zero-order valence-corrected chi connectivity index (χ0v) is 14.5. The van der Waals surface area contributed by atoms with Crippen LogP contribution in [0.25, 0.3) is 0 Å². The van der Waals surface area contributed by atoms with Gasteiger partial charge in [0.1, 0.15) is 6.61 Å². The van der Waals surface area contributed by atoms with E-state index in [-0.39, 0.29) is 30.6 Å². The lowest BCUT2D eigenvalue weighted by atomic mass is 10.2. The fraction of sp³-hybridized carbons (Fsp3) is 0.917. The van der Waals surface area contributed by atoms with Crippen molar-refractivity contribution in [2.24, 2.45) is 10.9 Å². The summed E-state index contributed by atoms with van der Waals surface area (Å²) in [5.41, 5.74) is 0. The summed E-state index contributed by atoms with van der Waals surface area (Å²) >= 11 is 0. The summed E-state index contributed by atoms with van der Waals surface area (Å²) in [5.74, 6) is 1.15. The molecule has 0 aliphatic carbocycles. The van der Waals surface area contributed by atoms with Gasteiger partial charge in [0.25, 0.3) is 0 Å². The van der Waals surface area contributed by atoms with Crippen LogP contribution in [-0.2, 0) is 4.74 Å². The molecule has 8 heteroatoms. The van der Waals surface area contributed by atoms with Gasteiger partial charge >= 0.3 is 6.18 Å². The van der Waals surface area contributed by atoms with Gasteiger partial charge in [-0.2, -0.15) is 13.2 Å². The first kappa shape index (κ1) is 22.0. The second-order valence-corrected chi connectivity index (χ2v) is 4.56. The molecule has 20 heavy (non-hydrogen) atoms. The van der Waals surface area contributed by atoms with Crippen molar-refractivity contribution >= 4 is 29.9 Å². The highest BCUT2D eigenvalue weighted by Crippen LogP contribution is 2.14. The quantitative estimate of drug-likeness (QED) is 0.280. The molecular weight excluding hydrogens is 386 g/mol. The molecule has 0 rings (SSSR count). The molecule has 0 heterocycles. The van der Waals surface area contributed by atoms with Crippen molar-refractivity contribution in [3.63, 3.8) is 0 Å². The molecule has 0 aromatic rings. The standard InChI is InChI=1S/C12H24F3N3O.HI/c1-4-16-11(18-8-10(2)3)17-6-5-7-19-9-12(13,14)15;/h10H,4-9H2,1-3H3,(H2,16,17,18);1H. The average molecular weight is 411 g/mol. The fourth-order valence-corrected chi connectivity index (χ4v) is 1.18. The first-order chi connectivity index (χ1) is 8.85. The Bertz CT molecular complexity index is 261. The third-order valence-electron chi connectivity index (χ3n) is 1.98. The van der Waals surface area contributed by atoms with Gasteiger partial charge < -0.3 is 15.4 Å². The van der Waals surface area contributed by atoms with E-state index in [1.54, 1.807) is 0 Å². The topological polar surface area (TPSA) is 45.7 Å². The highest BCUT2D eigenvalue weighted by Gasteiger charge is 2.27. The van der Waals surface area contributed by atoms with E-state index in [0.29, 0.717) is 31.4 Å². The number of aliphatic imine (C=N–C) groups is 1. The summed E-state index contributed by atoms with van der Waals surface area (Å²) in [5, 5.41) is 6.12. The summed E-state index contributed by atoms with van der Waals surface area (Å²) in [6.07, 6.45) is -3.75. The molecule has 0 amide bonds. The molecule has 122 valence electrons. The second kappa shape index (κ2) is 12.5. The minimum Gasteiger partial charge on any atom is -0.372 e. The maximum absolute atomic E-state index is 11.8. The molecule has 0 aliphatic heterocycles. The number of guanidine groups is 1. The SMILES string of the molecule is CCNC(=NCC(C)C)NCCCOCC(F)(F)F.I. The number of rotatable bonds is 8. The minimum absolute atomic E-state index is 0. The molecule has 0 atom stereocenters. The lowest BCUT2D eigenvalue weighted by Gasteiger charge is -2.12.